The normalized spacial score (nSPS) is 28.4. The van der Waals surface area contributed by atoms with Gasteiger partial charge in [0.1, 0.15) is 5.82 Å². The van der Waals surface area contributed by atoms with Crippen molar-refractivity contribution in [3.05, 3.63) is 59.8 Å². The van der Waals surface area contributed by atoms with E-state index in [1.165, 1.54) is 0 Å². The van der Waals surface area contributed by atoms with Crippen molar-refractivity contribution in [3.8, 4) is 0 Å². The first kappa shape index (κ1) is 17.0. The molecule has 1 saturated heterocycles. The van der Waals surface area contributed by atoms with Crippen molar-refractivity contribution in [1.82, 2.24) is 9.88 Å². The van der Waals surface area contributed by atoms with Gasteiger partial charge < -0.3 is 15.7 Å². The van der Waals surface area contributed by atoms with Crippen molar-refractivity contribution in [2.24, 2.45) is 5.92 Å². The van der Waals surface area contributed by atoms with Gasteiger partial charge in [0.2, 0.25) is 0 Å². The highest BCUT2D eigenvalue weighted by molar-refractivity contribution is 5.95. The number of nitrogens with zero attached hydrogens (tertiary/aromatic N) is 2. The van der Waals surface area contributed by atoms with Gasteiger partial charge in [-0.1, -0.05) is 43.2 Å². The Morgan fingerprint density at radius 2 is 1.96 bits per heavy atom. The van der Waals surface area contributed by atoms with E-state index in [1.54, 1.807) is 18.3 Å². The fourth-order valence-electron chi connectivity index (χ4n) is 4.77. The number of nitrogen functional groups attached to an aromatic ring is 1. The van der Waals surface area contributed by atoms with E-state index in [0.717, 1.165) is 31.2 Å². The topological polar surface area (TPSA) is 79.5 Å². The third-order valence-corrected chi connectivity index (χ3v) is 6.04. The molecule has 2 aromatic rings. The predicted octanol–water partition coefficient (Wildman–Crippen LogP) is 2.96. The SMILES string of the molecule is Nc1cc(C(=O)N2CCC(O)(c3ccccc3)C3CCCCC32)ccn1. The Kier molecular flexibility index (Phi) is 4.41. The van der Waals surface area contributed by atoms with Gasteiger partial charge in [0.05, 0.1) is 5.60 Å². The number of benzene rings is 1. The molecule has 2 fully saturated rings. The summed E-state index contributed by atoms with van der Waals surface area (Å²) in [5, 5.41) is 11.6. The lowest BCUT2D eigenvalue weighted by atomic mass is 9.66. The summed E-state index contributed by atoms with van der Waals surface area (Å²) in [5.41, 5.74) is 6.44. The minimum Gasteiger partial charge on any atom is -0.385 e. The number of pyridine rings is 1. The molecule has 3 N–H and O–H groups in total. The highest BCUT2D eigenvalue weighted by Gasteiger charge is 2.50. The summed E-state index contributed by atoms with van der Waals surface area (Å²) in [7, 11) is 0. The van der Waals surface area contributed by atoms with Crippen LogP contribution < -0.4 is 5.73 Å². The molecule has 0 bridgehead atoms. The smallest absolute Gasteiger partial charge is 0.254 e. The molecule has 2 heterocycles. The molecular weight excluding hydrogens is 326 g/mol. The lowest BCUT2D eigenvalue weighted by molar-refractivity contribution is -0.110. The van der Waals surface area contributed by atoms with Gasteiger partial charge >= 0.3 is 0 Å². The molecule has 5 nitrogen and oxygen atoms in total. The van der Waals surface area contributed by atoms with E-state index in [-0.39, 0.29) is 17.9 Å². The highest BCUT2D eigenvalue weighted by atomic mass is 16.3. The zero-order valence-electron chi connectivity index (χ0n) is 14.8. The number of rotatable bonds is 2. The average molecular weight is 351 g/mol. The van der Waals surface area contributed by atoms with Crippen LogP contribution in [0.5, 0.6) is 0 Å². The first-order chi connectivity index (χ1) is 12.6. The zero-order valence-corrected chi connectivity index (χ0v) is 14.8. The van der Waals surface area contributed by atoms with E-state index in [4.69, 9.17) is 5.73 Å². The van der Waals surface area contributed by atoms with Crippen LogP contribution in [-0.2, 0) is 5.60 Å². The second-order valence-electron chi connectivity index (χ2n) is 7.47. The molecule has 1 aromatic carbocycles. The largest absolute Gasteiger partial charge is 0.385 e. The molecular formula is C21H25N3O2. The summed E-state index contributed by atoms with van der Waals surface area (Å²) < 4.78 is 0. The molecule has 1 aliphatic carbocycles. The number of nitrogens with two attached hydrogens (primary N) is 1. The van der Waals surface area contributed by atoms with Gasteiger partial charge in [0.25, 0.3) is 5.91 Å². The molecule has 0 radical (unpaired) electrons. The summed E-state index contributed by atoms with van der Waals surface area (Å²) in [6.07, 6.45) is 6.20. The van der Waals surface area contributed by atoms with Crippen LogP contribution in [0.3, 0.4) is 0 Å². The van der Waals surface area contributed by atoms with Gasteiger partial charge in [-0.25, -0.2) is 4.98 Å². The number of hydrogen-bond donors (Lipinski definition) is 2. The van der Waals surface area contributed by atoms with E-state index >= 15 is 0 Å². The summed E-state index contributed by atoms with van der Waals surface area (Å²) >= 11 is 0. The van der Waals surface area contributed by atoms with Crippen LogP contribution in [0.25, 0.3) is 0 Å². The Hall–Kier alpha value is -2.40. The quantitative estimate of drug-likeness (QED) is 0.872. The number of aliphatic hydroxyl groups is 1. The molecule has 1 saturated carbocycles. The summed E-state index contributed by atoms with van der Waals surface area (Å²) in [6, 6.07) is 13.3. The fourth-order valence-corrected chi connectivity index (χ4v) is 4.77. The Morgan fingerprint density at radius 3 is 2.73 bits per heavy atom. The van der Waals surface area contributed by atoms with Crippen molar-refractivity contribution in [2.75, 3.05) is 12.3 Å². The molecule has 3 unspecified atom stereocenters. The van der Waals surface area contributed by atoms with E-state index in [2.05, 4.69) is 4.98 Å². The Morgan fingerprint density at radius 1 is 1.19 bits per heavy atom. The zero-order chi connectivity index (χ0) is 18.1. The number of piperidine rings is 1. The number of anilines is 1. The number of fused-ring (bicyclic) bond motifs is 1. The highest BCUT2D eigenvalue weighted by Crippen LogP contribution is 2.47. The third-order valence-electron chi connectivity index (χ3n) is 6.04. The molecule has 3 atom stereocenters. The van der Waals surface area contributed by atoms with Gasteiger partial charge in [-0.15, -0.1) is 0 Å². The number of carbonyl (C=O) groups excluding carboxylic acids is 1. The van der Waals surface area contributed by atoms with Crippen LogP contribution in [0, 0.1) is 5.92 Å². The van der Waals surface area contributed by atoms with Crippen LogP contribution in [0.15, 0.2) is 48.7 Å². The van der Waals surface area contributed by atoms with E-state index < -0.39 is 5.60 Å². The van der Waals surface area contributed by atoms with E-state index in [1.807, 2.05) is 35.2 Å². The first-order valence-corrected chi connectivity index (χ1v) is 9.40. The van der Waals surface area contributed by atoms with Crippen molar-refractivity contribution in [2.45, 2.75) is 43.7 Å². The van der Waals surface area contributed by atoms with Crippen molar-refractivity contribution in [1.29, 1.82) is 0 Å². The monoisotopic (exact) mass is 351 g/mol. The maximum Gasteiger partial charge on any atom is 0.254 e. The van der Waals surface area contributed by atoms with Gasteiger partial charge in [-0.2, -0.15) is 0 Å². The van der Waals surface area contributed by atoms with Crippen LogP contribution in [0.4, 0.5) is 5.82 Å². The molecule has 2 aliphatic rings. The van der Waals surface area contributed by atoms with Crippen LogP contribution in [0.2, 0.25) is 0 Å². The van der Waals surface area contributed by atoms with Crippen LogP contribution >= 0.6 is 0 Å². The summed E-state index contributed by atoms with van der Waals surface area (Å²) in [5.74, 6) is 0.412. The number of aromatic nitrogens is 1. The number of amides is 1. The van der Waals surface area contributed by atoms with Gasteiger partial charge in [0, 0.05) is 30.3 Å². The second-order valence-corrected chi connectivity index (χ2v) is 7.47. The lowest BCUT2D eigenvalue weighted by Crippen LogP contribution is -2.59. The Labute approximate surface area is 153 Å². The van der Waals surface area contributed by atoms with Crippen molar-refractivity contribution in [3.63, 3.8) is 0 Å². The standard InChI is InChI=1S/C21H25N3O2/c22-19-14-15(10-12-23-19)20(25)24-13-11-21(26,16-6-2-1-3-7-16)17-8-4-5-9-18(17)24/h1-3,6-7,10,12,14,17-18,26H,4-5,8-9,11,13H2,(H2,22,23). The van der Waals surface area contributed by atoms with Gasteiger partial charge in [-0.3, -0.25) is 4.79 Å². The van der Waals surface area contributed by atoms with E-state index in [0.29, 0.717) is 24.3 Å². The van der Waals surface area contributed by atoms with Crippen LogP contribution in [0.1, 0.15) is 48.0 Å². The van der Waals surface area contributed by atoms with Gasteiger partial charge in [0.15, 0.2) is 0 Å². The second kappa shape index (κ2) is 6.72. The minimum absolute atomic E-state index is 0.00823. The molecule has 4 rings (SSSR count). The number of hydrogen-bond acceptors (Lipinski definition) is 4. The fraction of sp³-hybridized carbons (Fsp3) is 0.429. The van der Waals surface area contributed by atoms with Gasteiger partial charge in [-0.05, 0) is 37.0 Å². The summed E-state index contributed by atoms with van der Waals surface area (Å²) in [4.78, 5) is 19.0. The molecule has 1 aliphatic heterocycles. The van der Waals surface area contributed by atoms with Crippen molar-refractivity contribution >= 4 is 11.7 Å². The summed E-state index contributed by atoms with van der Waals surface area (Å²) in [6.45, 7) is 0.549. The number of likely N-dealkylation sites (tertiary alicyclic amines) is 1. The van der Waals surface area contributed by atoms with E-state index in [9.17, 15) is 9.90 Å². The minimum atomic E-state index is -0.861. The number of carbonyl (C=O) groups is 1. The molecule has 1 amide bonds. The molecule has 5 heteroatoms. The Bertz CT molecular complexity index is 795. The molecule has 0 spiro atoms. The lowest BCUT2D eigenvalue weighted by Gasteiger charge is -2.52. The van der Waals surface area contributed by atoms with Crippen LogP contribution in [-0.4, -0.2) is 33.5 Å². The van der Waals surface area contributed by atoms with Crippen molar-refractivity contribution < 1.29 is 9.90 Å². The molecule has 26 heavy (non-hydrogen) atoms. The maximum atomic E-state index is 13.1. The molecule has 136 valence electrons. The molecule has 1 aromatic heterocycles. The Balaban J connectivity index is 1.66. The first-order valence-electron chi connectivity index (χ1n) is 9.40. The predicted molar refractivity (Wildman–Crippen MR) is 100 cm³/mol. The third kappa shape index (κ3) is 2.86. The average Bonchev–Trinajstić information content (AvgIpc) is 2.69. The maximum absolute atomic E-state index is 13.1.